The second-order valence-corrected chi connectivity index (χ2v) is 10.2. The van der Waals surface area contributed by atoms with Crippen LogP contribution in [0.4, 0.5) is 18.0 Å². The van der Waals surface area contributed by atoms with Gasteiger partial charge in [-0.2, -0.15) is 13.2 Å². The van der Waals surface area contributed by atoms with Gasteiger partial charge in [-0.3, -0.25) is 4.98 Å². The number of pyridine rings is 1. The summed E-state index contributed by atoms with van der Waals surface area (Å²) < 4.78 is 44.7. The number of piperidine rings is 1. The molecule has 0 N–H and O–H groups in total. The number of morpholine rings is 1. The Balaban J connectivity index is 1.41. The molecule has 10 heteroatoms. The molecule has 0 saturated carbocycles. The van der Waals surface area contributed by atoms with E-state index in [1.165, 1.54) is 0 Å². The van der Waals surface area contributed by atoms with Gasteiger partial charge in [-0.25, -0.2) is 9.78 Å². The maximum atomic E-state index is 13.4. The average Bonchev–Trinajstić information content (AvgIpc) is 3.39. The predicted octanol–water partition coefficient (Wildman–Crippen LogP) is 5.56. The predicted molar refractivity (Wildman–Crippen MR) is 131 cm³/mol. The van der Waals surface area contributed by atoms with Crippen molar-refractivity contribution in [1.29, 1.82) is 0 Å². The lowest BCUT2D eigenvalue weighted by Gasteiger charge is -2.40. The number of carbonyl (C=O) groups is 1. The molecule has 2 aliphatic heterocycles. The number of carbonyl (C=O) groups excluding carboxylic acids is 1. The van der Waals surface area contributed by atoms with E-state index in [4.69, 9.17) is 9.72 Å². The minimum atomic E-state index is -4.38. The Bertz CT molecular complexity index is 1190. The SMILES string of the molecule is Cc1ccc(-c2csc(C3CC(c4ccc(C(F)(F)F)cc4)CN(C(=O)N4CCOCC4)C3)n2)cn1. The molecule has 2 fully saturated rings. The molecule has 2 amide bonds. The Labute approximate surface area is 211 Å². The number of aryl methyl sites for hydroxylation is 1. The van der Waals surface area contributed by atoms with E-state index in [0.29, 0.717) is 45.8 Å². The number of rotatable bonds is 3. The maximum absolute atomic E-state index is 13.4. The van der Waals surface area contributed by atoms with E-state index in [-0.39, 0.29) is 17.9 Å². The lowest BCUT2D eigenvalue weighted by atomic mass is 9.84. The fourth-order valence-corrected chi connectivity index (χ4v) is 5.74. The molecular weight excluding hydrogens is 489 g/mol. The fraction of sp³-hybridized carbons (Fsp3) is 0.423. The topological polar surface area (TPSA) is 58.6 Å². The van der Waals surface area contributed by atoms with Gasteiger partial charge in [0.1, 0.15) is 0 Å². The molecule has 2 aromatic heterocycles. The minimum Gasteiger partial charge on any atom is -0.378 e. The summed E-state index contributed by atoms with van der Waals surface area (Å²) >= 11 is 1.55. The van der Waals surface area contributed by atoms with Gasteiger partial charge < -0.3 is 14.5 Å². The van der Waals surface area contributed by atoms with Crippen LogP contribution in [0.15, 0.2) is 48.0 Å². The number of urea groups is 1. The minimum absolute atomic E-state index is 0.0202. The molecular formula is C26H27F3N4O2S. The quantitative estimate of drug-likeness (QED) is 0.458. The molecule has 0 bridgehead atoms. The van der Waals surface area contributed by atoms with E-state index in [0.717, 1.165) is 39.7 Å². The number of likely N-dealkylation sites (tertiary alicyclic amines) is 1. The zero-order valence-corrected chi connectivity index (χ0v) is 20.7. The fourth-order valence-electron chi connectivity index (χ4n) is 4.80. The lowest BCUT2D eigenvalue weighted by Crippen LogP contribution is -2.52. The van der Waals surface area contributed by atoms with E-state index in [1.807, 2.05) is 29.3 Å². The highest BCUT2D eigenvalue weighted by molar-refractivity contribution is 7.10. The van der Waals surface area contributed by atoms with E-state index < -0.39 is 11.7 Å². The lowest BCUT2D eigenvalue weighted by molar-refractivity contribution is -0.137. The number of ether oxygens (including phenoxy) is 1. The van der Waals surface area contributed by atoms with Gasteiger partial charge >= 0.3 is 12.2 Å². The van der Waals surface area contributed by atoms with Gasteiger partial charge in [0.25, 0.3) is 0 Å². The average molecular weight is 517 g/mol. The summed E-state index contributed by atoms with van der Waals surface area (Å²) in [5.74, 6) is -0.113. The smallest absolute Gasteiger partial charge is 0.378 e. The van der Waals surface area contributed by atoms with Gasteiger partial charge in [0.2, 0.25) is 0 Å². The molecule has 1 aromatic carbocycles. The van der Waals surface area contributed by atoms with Crippen molar-refractivity contribution < 1.29 is 22.7 Å². The highest BCUT2D eigenvalue weighted by Crippen LogP contribution is 2.39. The number of halogens is 3. The molecule has 3 aromatic rings. The van der Waals surface area contributed by atoms with Crippen LogP contribution in [0.3, 0.4) is 0 Å². The first-order valence-electron chi connectivity index (χ1n) is 11.9. The van der Waals surface area contributed by atoms with Gasteiger partial charge in [0, 0.05) is 60.8 Å². The monoisotopic (exact) mass is 516 g/mol. The summed E-state index contributed by atoms with van der Waals surface area (Å²) in [7, 11) is 0. The molecule has 0 aliphatic carbocycles. The van der Waals surface area contributed by atoms with Crippen LogP contribution in [-0.2, 0) is 10.9 Å². The zero-order chi connectivity index (χ0) is 25.3. The summed E-state index contributed by atoms with van der Waals surface area (Å²) in [5, 5.41) is 2.92. The molecule has 2 unspecified atom stereocenters. The number of hydrogen-bond acceptors (Lipinski definition) is 5. The van der Waals surface area contributed by atoms with E-state index >= 15 is 0 Å². The normalized spacial score (nSPS) is 21.0. The molecule has 0 spiro atoms. The van der Waals surface area contributed by atoms with Gasteiger partial charge in [-0.05, 0) is 43.2 Å². The van der Waals surface area contributed by atoms with Crippen LogP contribution in [-0.4, -0.2) is 65.2 Å². The number of amides is 2. The van der Waals surface area contributed by atoms with Crippen molar-refractivity contribution in [3.63, 3.8) is 0 Å². The Morgan fingerprint density at radius 2 is 1.75 bits per heavy atom. The van der Waals surface area contributed by atoms with Gasteiger partial charge in [-0.1, -0.05) is 12.1 Å². The Morgan fingerprint density at radius 3 is 2.42 bits per heavy atom. The molecule has 4 heterocycles. The molecule has 2 atom stereocenters. The molecule has 0 radical (unpaired) electrons. The molecule has 5 rings (SSSR count). The third kappa shape index (κ3) is 5.39. The molecule has 2 saturated heterocycles. The van der Waals surface area contributed by atoms with Crippen LogP contribution in [0.2, 0.25) is 0 Å². The second-order valence-electron chi connectivity index (χ2n) is 9.30. The van der Waals surface area contributed by atoms with Crippen molar-refractivity contribution in [3.8, 4) is 11.3 Å². The van der Waals surface area contributed by atoms with Crippen molar-refractivity contribution in [2.45, 2.75) is 31.4 Å². The van der Waals surface area contributed by atoms with E-state index in [9.17, 15) is 18.0 Å². The van der Waals surface area contributed by atoms with Crippen molar-refractivity contribution in [3.05, 3.63) is 69.8 Å². The van der Waals surface area contributed by atoms with Crippen LogP contribution in [0.25, 0.3) is 11.3 Å². The van der Waals surface area contributed by atoms with Crippen LogP contribution >= 0.6 is 11.3 Å². The summed E-state index contributed by atoms with van der Waals surface area (Å²) in [4.78, 5) is 26.2. The number of alkyl halides is 3. The van der Waals surface area contributed by atoms with Gasteiger partial charge in [0.15, 0.2) is 0 Å². The number of nitrogens with zero attached hydrogens (tertiary/aromatic N) is 4. The van der Waals surface area contributed by atoms with E-state index in [1.54, 1.807) is 34.6 Å². The molecule has 2 aliphatic rings. The van der Waals surface area contributed by atoms with Crippen LogP contribution in [0.5, 0.6) is 0 Å². The summed E-state index contributed by atoms with van der Waals surface area (Å²) in [6.07, 6.45) is -1.88. The number of benzene rings is 1. The van der Waals surface area contributed by atoms with Crippen LogP contribution in [0, 0.1) is 6.92 Å². The van der Waals surface area contributed by atoms with Gasteiger partial charge in [0.05, 0.1) is 29.5 Å². The first-order valence-corrected chi connectivity index (χ1v) is 12.8. The first kappa shape index (κ1) is 24.7. The Hall–Kier alpha value is -2.98. The van der Waals surface area contributed by atoms with Crippen molar-refractivity contribution in [1.82, 2.24) is 19.8 Å². The van der Waals surface area contributed by atoms with Gasteiger partial charge in [-0.15, -0.1) is 11.3 Å². The van der Waals surface area contributed by atoms with E-state index in [2.05, 4.69) is 4.98 Å². The Morgan fingerprint density at radius 1 is 1.03 bits per heavy atom. The Kier molecular flexibility index (Phi) is 6.98. The number of thiazole rings is 1. The van der Waals surface area contributed by atoms with Crippen molar-refractivity contribution in [2.75, 3.05) is 39.4 Å². The zero-order valence-electron chi connectivity index (χ0n) is 19.9. The molecule has 36 heavy (non-hydrogen) atoms. The van der Waals surface area contributed by atoms with Crippen LogP contribution < -0.4 is 0 Å². The van der Waals surface area contributed by atoms with Crippen molar-refractivity contribution >= 4 is 17.4 Å². The third-order valence-corrected chi connectivity index (χ3v) is 7.80. The van der Waals surface area contributed by atoms with Crippen molar-refractivity contribution in [2.24, 2.45) is 0 Å². The molecule has 190 valence electrons. The largest absolute Gasteiger partial charge is 0.416 e. The maximum Gasteiger partial charge on any atom is 0.416 e. The number of aromatic nitrogens is 2. The second kappa shape index (κ2) is 10.2. The third-order valence-electron chi connectivity index (χ3n) is 6.79. The first-order chi connectivity index (χ1) is 17.3. The van der Waals surface area contributed by atoms with Crippen LogP contribution in [0.1, 0.15) is 40.1 Å². The number of hydrogen-bond donors (Lipinski definition) is 0. The standard InChI is InChI=1S/C26H27F3N4O2S/c1-17-2-3-19(13-30-17)23-16-36-24(31-23)21-12-20(18-4-6-22(7-5-18)26(27,28)29)14-33(15-21)25(34)32-8-10-35-11-9-32/h2-7,13,16,20-21H,8-12,14-15H2,1H3. The highest BCUT2D eigenvalue weighted by atomic mass is 32.1. The summed E-state index contributed by atoms with van der Waals surface area (Å²) in [6, 6.07) is 9.20. The summed E-state index contributed by atoms with van der Waals surface area (Å²) in [5.41, 5.74) is 2.82. The molecule has 6 nitrogen and oxygen atoms in total. The highest BCUT2D eigenvalue weighted by Gasteiger charge is 2.36. The summed E-state index contributed by atoms with van der Waals surface area (Å²) in [6.45, 7) is 4.99.